The van der Waals surface area contributed by atoms with E-state index in [0.717, 1.165) is 24.3 Å². The maximum absolute atomic E-state index is 14.2. The molecule has 0 bridgehead atoms. The Morgan fingerprint density at radius 1 is 1.18 bits per heavy atom. The maximum Gasteiger partial charge on any atom is 0.417 e. The van der Waals surface area contributed by atoms with Crippen molar-refractivity contribution < 1.29 is 32.3 Å². The number of benzene rings is 2. The molecule has 1 aromatic heterocycles. The van der Waals surface area contributed by atoms with Gasteiger partial charge in [-0.2, -0.15) is 13.2 Å². The highest BCUT2D eigenvalue weighted by Crippen LogP contribution is 2.36. The average molecular weight is 479 g/mol. The van der Waals surface area contributed by atoms with Crippen LogP contribution in [-0.4, -0.2) is 39.3 Å². The van der Waals surface area contributed by atoms with Crippen LogP contribution in [0.2, 0.25) is 0 Å². The van der Waals surface area contributed by atoms with Gasteiger partial charge in [0.15, 0.2) is 17.8 Å². The van der Waals surface area contributed by atoms with Crippen LogP contribution >= 0.6 is 0 Å². The number of pyridine rings is 1. The molecule has 1 N–H and O–H groups in total. The van der Waals surface area contributed by atoms with Crippen LogP contribution in [0.5, 0.6) is 5.75 Å². The molecule has 2 unspecified atom stereocenters. The van der Waals surface area contributed by atoms with E-state index in [1.807, 2.05) is 0 Å². The normalized spacial score (nSPS) is 13.5. The van der Waals surface area contributed by atoms with Crippen LogP contribution < -0.4 is 4.74 Å². The lowest BCUT2D eigenvalue weighted by Gasteiger charge is -2.30. The van der Waals surface area contributed by atoms with E-state index in [0.29, 0.717) is 5.56 Å². The Morgan fingerprint density at radius 2 is 1.88 bits per heavy atom. The zero-order valence-corrected chi connectivity index (χ0v) is 18.2. The predicted molar refractivity (Wildman–Crippen MR) is 115 cm³/mol. The van der Waals surface area contributed by atoms with Crippen molar-refractivity contribution >= 4 is 5.69 Å². The van der Waals surface area contributed by atoms with E-state index in [9.17, 15) is 32.8 Å². The van der Waals surface area contributed by atoms with Crippen LogP contribution in [0, 0.1) is 15.9 Å². The maximum atomic E-state index is 14.2. The summed E-state index contributed by atoms with van der Waals surface area (Å²) in [5.41, 5.74) is -0.524. The van der Waals surface area contributed by atoms with Crippen LogP contribution in [-0.2, 0) is 12.7 Å². The standard InChI is InChI=1S/C23H21F4N3O4/c1-14(31)22(34-21-10-8-16(30(32)33)11-19(21)24)29(2)13-15-7-9-20(28-12-15)17-5-3-4-6-18(17)23(25,26)27/h3-12,14,22,31H,13H2,1-2H3. The molecule has 0 saturated heterocycles. The summed E-state index contributed by atoms with van der Waals surface area (Å²) in [6, 6.07) is 11.1. The first kappa shape index (κ1) is 25.1. The molecule has 180 valence electrons. The summed E-state index contributed by atoms with van der Waals surface area (Å²) in [5, 5.41) is 20.9. The number of nitro benzene ring substituents is 1. The van der Waals surface area contributed by atoms with Gasteiger partial charge in [0.05, 0.1) is 22.2 Å². The number of ether oxygens (including phenoxy) is 1. The summed E-state index contributed by atoms with van der Waals surface area (Å²) < 4.78 is 59.6. The number of alkyl halides is 3. The molecule has 0 aliphatic rings. The number of aliphatic hydroxyl groups excluding tert-OH is 1. The molecule has 2 atom stereocenters. The summed E-state index contributed by atoms with van der Waals surface area (Å²) >= 11 is 0. The Morgan fingerprint density at radius 3 is 2.44 bits per heavy atom. The SMILES string of the molecule is CC(O)C(Oc1ccc([N+](=O)[O-])cc1F)N(C)Cc1ccc(-c2ccccc2C(F)(F)F)nc1. The molecule has 11 heteroatoms. The van der Waals surface area contributed by atoms with Crippen molar-refractivity contribution in [2.75, 3.05) is 7.05 Å². The van der Waals surface area contributed by atoms with Crippen LogP contribution in [0.1, 0.15) is 18.1 Å². The monoisotopic (exact) mass is 479 g/mol. The van der Waals surface area contributed by atoms with Gasteiger partial charge in [0.2, 0.25) is 0 Å². The second kappa shape index (κ2) is 10.1. The quantitative estimate of drug-likeness (QED) is 0.211. The third-order valence-corrected chi connectivity index (χ3v) is 4.99. The van der Waals surface area contributed by atoms with E-state index in [1.165, 1.54) is 37.4 Å². The van der Waals surface area contributed by atoms with E-state index in [2.05, 4.69) is 4.98 Å². The second-order valence-electron chi connectivity index (χ2n) is 7.63. The molecule has 0 radical (unpaired) electrons. The molecule has 0 amide bonds. The fraction of sp³-hybridized carbons (Fsp3) is 0.261. The van der Waals surface area contributed by atoms with Gasteiger partial charge in [-0.1, -0.05) is 24.3 Å². The van der Waals surface area contributed by atoms with Gasteiger partial charge in [-0.25, -0.2) is 4.39 Å². The molecule has 0 fully saturated rings. The van der Waals surface area contributed by atoms with Gasteiger partial charge in [-0.05, 0) is 37.7 Å². The van der Waals surface area contributed by atoms with Gasteiger partial charge in [0, 0.05) is 24.4 Å². The number of non-ortho nitro benzene ring substituents is 1. The zero-order chi connectivity index (χ0) is 25.0. The van der Waals surface area contributed by atoms with Crippen molar-refractivity contribution in [3.8, 4) is 17.0 Å². The first-order chi connectivity index (χ1) is 16.0. The van der Waals surface area contributed by atoms with Crippen LogP contribution in [0.3, 0.4) is 0 Å². The van der Waals surface area contributed by atoms with Gasteiger partial charge in [0.25, 0.3) is 5.69 Å². The largest absolute Gasteiger partial charge is 0.469 e. The van der Waals surface area contributed by atoms with Gasteiger partial charge in [0.1, 0.15) is 6.10 Å². The van der Waals surface area contributed by atoms with Crippen molar-refractivity contribution in [1.29, 1.82) is 0 Å². The molecule has 0 aliphatic carbocycles. The highest BCUT2D eigenvalue weighted by Gasteiger charge is 2.33. The summed E-state index contributed by atoms with van der Waals surface area (Å²) in [7, 11) is 1.59. The molecule has 0 spiro atoms. The molecule has 34 heavy (non-hydrogen) atoms. The molecular formula is C23H21F4N3O4. The highest BCUT2D eigenvalue weighted by molar-refractivity contribution is 5.64. The number of rotatable bonds is 8. The van der Waals surface area contributed by atoms with E-state index in [4.69, 9.17) is 4.74 Å². The Bertz CT molecular complexity index is 1150. The van der Waals surface area contributed by atoms with Crippen molar-refractivity contribution in [2.24, 2.45) is 0 Å². The number of hydrogen-bond acceptors (Lipinski definition) is 6. The minimum Gasteiger partial charge on any atom is -0.469 e. The number of aliphatic hydroxyl groups is 1. The van der Waals surface area contributed by atoms with Crippen LogP contribution in [0.25, 0.3) is 11.3 Å². The number of halogens is 4. The number of aromatic nitrogens is 1. The Balaban J connectivity index is 1.76. The molecule has 2 aromatic carbocycles. The predicted octanol–water partition coefficient (Wildman–Crippen LogP) is 5.03. The second-order valence-corrected chi connectivity index (χ2v) is 7.63. The summed E-state index contributed by atoms with van der Waals surface area (Å²) in [6.45, 7) is 1.60. The van der Waals surface area contributed by atoms with E-state index in [1.54, 1.807) is 18.0 Å². The van der Waals surface area contributed by atoms with E-state index < -0.39 is 40.5 Å². The molecule has 3 rings (SSSR count). The first-order valence-corrected chi connectivity index (χ1v) is 10.1. The van der Waals surface area contributed by atoms with Gasteiger partial charge in [-0.3, -0.25) is 20.0 Å². The number of hydrogen-bond donors (Lipinski definition) is 1. The lowest BCUT2D eigenvalue weighted by molar-refractivity contribution is -0.385. The van der Waals surface area contributed by atoms with Gasteiger partial charge >= 0.3 is 6.18 Å². The molecule has 1 heterocycles. The summed E-state index contributed by atoms with van der Waals surface area (Å²) in [4.78, 5) is 15.7. The molecule has 7 nitrogen and oxygen atoms in total. The smallest absolute Gasteiger partial charge is 0.417 e. The van der Waals surface area contributed by atoms with Gasteiger partial charge in [-0.15, -0.1) is 0 Å². The summed E-state index contributed by atoms with van der Waals surface area (Å²) in [6.07, 6.45) is -5.22. The topological polar surface area (TPSA) is 88.7 Å². The fourth-order valence-electron chi connectivity index (χ4n) is 3.39. The van der Waals surface area contributed by atoms with Crippen LogP contribution in [0.4, 0.5) is 23.2 Å². The Hall–Kier alpha value is -3.57. The highest BCUT2D eigenvalue weighted by atomic mass is 19.4. The molecule has 0 saturated carbocycles. The van der Waals surface area contributed by atoms with E-state index in [-0.39, 0.29) is 23.6 Å². The third kappa shape index (κ3) is 5.86. The minimum absolute atomic E-state index is 0.0475. The number of nitrogens with zero attached hydrogens (tertiary/aromatic N) is 3. The molecular weight excluding hydrogens is 458 g/mol. The van der Waals surface area contributed by atoms with Crippen LogP contribution in [0.15, 0.2) is 60.8 Å². The number of likely N-dealkylation sites (N-methyl/N-ethyl adjacent to an activating group) is 1. The van der Waals surface area contributed by atoms with Gasteiger partial charge < -0.3 is 9.84 Å². The minimum atomic E-state index is -4.52. The third-order valence-electron chi connectivity index (χ3n) is 4.99. The van der Waals surface area contributed by atoms with Crippen molar-refractivity contribution in [3.63, 3.8) is 0 Å². The zero-order valence-electron chi connectivity index (χ0n) is 18.2. The lowest BCUT2D eigenvalue weighted by atomic mass is 10.0. The Labute approximate surface area is 192 Å². The first-order valence-electron chi connectivity index (χ1n) is 10.1. The van der Waals surface area contributed by atoms with Crippen molar-refractivity contribution in [1.82, 2.24) is 9.88 Å². The van der Waals surface area contributed by atoms with Crippen molar-refractivity contribution in [2.45, 2.75) is 32.0 Å². The average Bonchev–Trinajstić information content (AvgIpc) is 2.77. The fourth-order valence-corrected chi connectivity index (χ4v) is 3.39. The van der Waals surface area contributed by atoms with Crippen molar-refractivity contribution in [3.05, 3.63) is 87.9 Å². The Kier molecular flexibility index (Phi) is 7.48. The summed E-state index contributed by atoms with van der Waals surface area (Å²) in [5.74, 6) is -1.23. The number of nitro groups is 1. The molecule has 0 aliphatic heterocycles. The molecule has 3 aromatic rings. The van der Waals surface area contributed by atoms with E-state index >= 15 is 0 Å². The lowest BCUT2D eigenvalue weighted by Crippen LogP contribution is -2.44.